The van der Waals surface area contributed by atoms with E-state index in [1.165, 1.54) is 0 Å². The minimum absolute atomic E-state index is 0.0118. The van der Waals surface area contributed by atoms with Crippen LogP contribution in [0.1, 0.15) is 36.0 Å². The molecule has 0 spiro atoms. The second kappa shape index (κ2) is 6.35. The van der Waals surface area contributed by atoms with Crippen molar-refractivity contribution in [2.75, 3.05) is 26.4 Å². The van der Waals surface area contributed by atoms with Gasteiger partial charge in [0.15, 0.2) is 11.5 Å². The number of benzene rings is 1. The number of carbonyl (C=O) groups is 1. The number of likely N-dealkylation sites (tertiary alicyclic amines) is 1. The highest BCUT2D eigenvalue weighted by Gasteiger charge is 2.31. The molecule has 114 valence electrons. The molecule has 5 nitrogen and oxygen atoms in total. The van der Waals surface area contributed by atoms with Crippen LogP contribution >= 0.6 is 0 Å². The predicted octanol–water partition coefficient (Wildman–Crippen LogP) is 1.83. The minimum atomic E-state index is 0.0118. The molecule has 0 radical (unpaired) electrons. The normalized spacial score (nSPS) is 20.6. The monoisotopic (exact) mass is 291 g/mol. The lowest BCUT2D eigenvalue weighted by Crippen LogP contribution is -2.36. The van der Waals surface area contributed by atoms with E-state index in [0.717, 1.165) is 32.2 Å². The van der Waals surface area contributed by atoms with E-state index in [4.69, 9.17) is 14.6 Å². The Morgan fingerprint density at radius 1 is 1.33 bits per heavy atom. The average molecular weight is 291 g/mol. The third kappa shape index (κ3) is 2.83. The maximum Gasteiger partial charge on any atom is 0.258 e. The van der Waals surface area contributed by atoms with Gasteiger partial charge < -0.3 is 19.5 Å². The Labute approximate surface area is 124 Å². The quantitative estimate of drug-likeness (QED) is 0.919. The summed E-state index contributed by atoms with van der Waals surface area (Å²) in [6.45, 7) is 1.95. The summed E-state index contributed by atoms with van der Waals surface area (Å²) in [6, 6.07) is 5.69. The lowest BCUT2D eigenvalue weighted by Gasteiger charge is -2.27. The van der Waals surface area contributed by atoms with E-state index >= 15 is 0 Å². The van der Waals surface area contributed by atoms with Gasteiger partial charge in [-0.25, -0.2) is 0 Å². The molecule has 2 aliphatic rings. The first-order valence-corrected chi connectivity index (χ1v) is 7.61. The number of carbonyl (C=O) groups excluding carboxylic acids is 1. The number of amides is 1. The number of fused-ring (bicyclic) bond motifs is 1. The number of rotatable bonds is 4. The zero-order valence-corrected chi connectivity index (χ0v) is 12.1. The van der Waals surface area contributed by atoms with E-state index in [9.17, 15) is 4.79 Å². The van der Waals surface area contributed by atoms with Gasteiger partial charge in [-0.05, 0) is 37.8 Å². The minimum Gasteiger partial charge on any atom is -0.486 e. The van der Waals surface area contributed by atoms with Crippen LogP contribution < -0.4 is 9.47 Å². The molecule has 1 amide bonds. The van der Waals surface area contributed by atoms with Gasteiger partial charge >= 0.3 is 0 Å². The maximum absolute atomic E-state index is 12.8. The van der Waals surface area contributed by atoms with Crippen LogP contribution in [-0.4, -0.2) is 48.3 Å². The topological polar surface area (TPSA) is 59.0 Å². The van der Waals surface area contributed by atoms with E-state index in [1.54, 1.807) is 6.07 Å². The van der Waals surface area contributed by atoms with Crippen molar-refractivity contribution < 1.29 is 19.4 Å². The molecule has 0 bridgehead atoms. The van der Waals surface area contributed by atoms with Gasteiger partial charge in [-0.1, -0.05) is 6.07 Å². The molecule has 3 rings (SSSR count). The SMILES string of the molecule is O=C(c1cccc2c1OCCO2)N1CCCC1CCCO. The van der Waals surface area contributed by atoms with Gasteiger partial charge in [0.2, 0.25) is 0 Å². The first-order valence-electron chi connectivity index (χ1n) is 7.61. The highest BCUT2D eigenvalue weighted by Crippen LogP contribution is 2.35. The largest absolute Gasteiger partial charge is 0.486 e. The Kier molecular flexibility index (Phi) is 4.29. The molecular formula is C16H21NO4. The van der Waals surface area contributed by atoms with Crippen LogP contribution in [0.25, 0.3) is 0 Å². The maximum atomic E-state index is 12.8. The molecule has 1 saturated heterocycles. The molecule has 2 heterocycles. The number of ether oxygens (including phenoxy) is 2. The summed E-state index contributed by atoms with van der Waals surface area (Å²) in [5.74, 6) is 1.23. The van der Waals surface area contributed by atoms with Gasteiger partial charge in [-0.3, -0.25) is 4.79 Å². The number of hydrogen-bond donors (Lipinski definition) is 1. The smallest absolute Gasteiger partial charge is 0.258 e. The molecule has 21 heavy (non-hydrogen) atoms. The molecule has 0 aromatic heterocycles. The standard InChI is InChI=1S/C16H21NO4/c18-9-3-5-12-4-2-8-17(12)16(19)13-6-1-7-14-15(13)21-11-10-20-14/h1,6-7,12,18H,2-5,8-11H2. The highest BCUT2D eigenvalue weighted by molar-refractivity contribution is 5.98. The van der Waals surface area contributed by atoms with Crippen molar-refractivity contribution >= 4 is 5.91 Å². The van der Waals surface area contributed by atoms with Crippen LogP contribution in [0.3, 0.4) is 0 Å². The second-order valence-corrected chi connectivity index (χ2v) is 5.49. The number of nitrogens with zero attached hydrogens (tertiary/aromatic N) is 1. The van der Waals surface area contributed by atoms with Crippen LogP contribution in [0, 0.1) is 0 Å². The number of aliphatic hydroxyl groups is 1. The van der Waals surface area contributed by atoms with E-state index in [1.807, 2.05) is 17.0 Å². The molecule has 1 N–H and O–H groups in total. The van der Waals surface area contributed by atoms with Gasteiger partial charge in [0.25, 0.3) is 5.91 Å². The zero-order valence-electron chi connectivity index (χ0n) is 12.1. The van der Waals surface area contributed by atoms with Crippen LogP contribution in [0.15, 0.2) is 18.2 Å². The van der Waals surface area contributed by atoms with Crippen LogP contribution in [0.2, 0.25) is 0 Å². The van der Waals surface area contributed by atoms with Crippen molar-refractivity contribution in [3.63, 3.8) is 0 Å². The van der Waals surface area contributed by atoms with Crippen LogP contribution in [0.5, 0.6) is 11.5 Å². The molecule has 5 heteroatoms. The Morgan fingerprint density at radius 3 is 3.05 bits per heavy atom. The summed E-state index contributed by atoms with van der Waals surface area (Å²) in [5, 5.41) is 8.99. The number of para-hydroxylation sites is 1. The molecule has 1 unspecified atom stereocenters. The van der Waals surface area contributed by atoms with Gasteiger partial charge in [0, 0.05) is 19.2 Å². The fourth-order valence-corrected chi connectivity index (χ4v) is 3.13. The number of hydrogen-bond acceptors (Lipinski definition) is 4. The lowest BCUT2D eigenvalue weighted by atomic mass is 10.1. The van der Waals surface area contributed by atoms with E-state index < -0.39 is 0 Å². The third-order valence-corrected chi connectivity index (χ3v) is 4.13. The van der Waals surface area contributed by atoms with Gasteiger partial charge in [0.1, 0.15) is 13.2 Å². The zero-order chi connectivity index (χ0) is 14.7. The predicted molar refractivity (Wildman–Crippen MR) is 77.8 cm³/mol. The van der Waals surface area contributed by atoms with Crippen molar-refractivity contribution in [1.82, 2.24) is 4.90 Å². The Bertz CT molecular complexity index is 517. The summed E-state index contributed by atoms with van der Waals surface area (Å²) in [7, 11) is 0. The van der Waals surface area contributed by atoms with Gasteiger partial charge in [-0.2, -0.15) is 0 Å². The third-order valence-electron chi connectivity index (χ3n) is 4.13. The van der Waals surface area contributed by atoms with Crippen molar-refractivity contribution in [3.05, 3.63) is 23.8 Å². The van der Waals surface area contributed by atoms with E-state index in [2.05, 4.69) is 0 Å². The molecule has 1 aromatic rings. The highest BCUT2D eigenvalue weighted by atomic mass is 16.6. The molecule has 0 aliphatic carbocycles. The lowest BCUT2D eigenvalue weighted by molar-refractivity contribution is 0.0714. The Morgan fingerprint density at radius 2 is 2.19 bits per heavy atom. The summed E-state index contributed by atoms with van der Waals surface area (Å²) >= 11 is 0. The second-order valence-electron chi connectivity index (χ2n) is 5.49. The van der Waals surface area contributed by atoms with Gasteiger partial charge in [-0.15, -0.1) is 0 Å². The fraction of sp³-hybridized carbons (Fsp3) is 0.562. The average Bonchev–Trinajstić information content (AvgIpc) is 3.00. The molecule has 0 saturated carbocycles. The van der Waals surface area contributed by atoms with E-state index in [0.29, 0.717) is 30.3 Å². The summed E-state index contributed by atoms with van der Waals surface area (Å²) < 4.78 is 11.2. The summed E-state index contributed by atoms with van der Waals surface area (Å²) in [4.78, 5) is 14.7. The summed E-state index contributed by atoms with van der Waals surface area (Å²) in [6.07, 6.45) is 3.63. The molecule has 1 atom stereocenters. The van der Waals surface area contributed by atoms with Crippen LogP contribution in [-0.2, 0) is 0 Å². The van der Waals surface area contributed by atoms with E-state index in [-0.39, 0.29) is 18.6 Å². The first-order chi connectivity index (χ1) is 10.3. The van der Waals surface area contributed by atoms with Crippen LogP contribution in [0.4, 0.5) is 0 Å². The molecule has 2 aliphatic heterocycles. The Balaban J connectivity index is 1.81. The fourth-order valence-electron chi connectivity index (χ4n) is 3.13. The first kappa shape index (κ1) is 14.2. The Hall–Kier alpha value is -1.75. The van der Waals surface area contributed by atoms with Crippen molar-refractivity contribution in [3.8, 4) is 11.5 Å². The molecule has 1 aromatic carbocycles. The summed E-state index contributed by atoms with van der Waals surface area (Å²) in [5.41, 5.74) is 0.586. The molecular weight excluding hydrogens is 270 g/mol. The number of aliphatic hydroxyl groups excluding tert-OH is 1. The van der Waals surface area contributed by atoms with Crippen molar-refractivity contribution in [1.29, 1.82) is 0 Å². The molecule has 1 fully saturated rings. The van der Waals surface area contributed by atoms with Gasteiger partial charge in [0.05, 0.1) is 5.56 Å². The van der Waals surface area contributed by atoms with Crippen molar-refractivity contribution in [2.45, 2.75) is 31.7 Å². The van der Waals surface area contributed by atoms with Crippen molar-refractivity contribution in [2.24, 2.45) is 0 Å².